The molecule has 1 aliphatic heterocycles. The Labute approximate surface area is 165 Å². The predicted molar refractivity (Wildman–Crippen MR) is 108 cm³/mol. The molecule has 0 spiro atoms. The van der Waals surface area contributed by atoms with Gasteiger partial charge in [0.2, 0.25) is 5.91 Å². The van der Waals surface area contributed by atoms with Crippen LogP contribution in [0.5, 0.6) is 0 Å². The van der Waals surface area contributed by atoms with Gasteiger partial charge in [-0.15, -0.1) is 0 Å². The zero-order valence-corrected chi connectivity index (χ0v) is 16.0. The van der Waals surface area contributed by atoms with Crippen LogP contribution in [0.3, 0.4) is 0 Å². The maximum Gasteiger partial charge on any atom is 0.228 e. The van der Waals surface area contributed by atoms with Crippen molar-refractivity contribution in [2.24, 2.45) is 5.92 Å². The lowest BCUT2D eigenvalue weighted by atomic mass is 9.96. The number of amides is 1. The van der Waals surface area contributed by atoms with Crippen molar-refractivity contribution in [2.45, 2.75) is 44.9 Å². The SMILES string of the molecule is N#Cc1ccc(N2CCC(C(=O)Nc3cc4c(cn3)CCCCC4)CC2)nc1. The second-order valence-corrected chi connectivity index (χ2v) is 7.67. The number of hydrogen-bond donors (Lipinski definition) is 1. The number of fused-ring (bicyclic) bond motifs is 1. The van der Waals surface area contributed by atoms with E-state index in [1.807, 2.05) is 12.3 Å². The monoisotopic (exact) mass is 375 g/mol. The molecule has 1 fully saturated rings. The highest BCUT2D eigenvalue weighted by Gasteiger charge is 2.26. The van der Waals surface area contributed by atoms with Gasteiger partial charge in [-0.1, -0.05) is 6.42 Å². The van der Waals surface area contributed by atoms with E-state index in [-0.39, 0.29) is 11.8 Å². The Balaban J connectivity index is 1.34. The van der Waals surface area contributed by atoms with E-state index in [4.69, 9.17) is 5.26 Å². The Bertz CT molecular complexity index is 879. The number of aryl methyl sites for hydroxylation is 2. The van der Waals surface area contributed by atoms with Gasteiger partial charge in [-0.3, -0.25) is 4.79 Å². The van der Waals surface area contributed by atoms with Crippen LogP contribution in [0.2, 0.25) is 0 Å². The molecule has 144 valence electrons. The molecule has 0 saturated carbocycles. The summed E-state index contributed by atoms with van der Waals surface area (Å²) in [5, 5.41) is 11.9. The summed E-state index contributed by atoms with van der Waals surface area (Å²) in [7, 11) is 0. The van der Waals surface area contributed by atoms with Crippen LogP contribution in [0.1, 0.15) is 48.8 Å². The van der Waals surface area contributed by atoms with E-state index in [1.165, 1.54) is 30.4 Å². The summed E-state index contributed by atoms with van der Waals surface area (Å²) >= 11 is 0. The molecular formula is C22H25N5O. The maximum atomic E-state index is 12.7. The number of nitrogens with one attached hydrogen (secondary N) is 1. The summed E-state index contributed by atoms with van der Waals surface area (Å²) in [4.78, 5) is 23.7. The van der Waals surface area contributed by atoms with Crippen molar-refractivity contribution in [2.75, 3.05) is 23.3 Å². The fourth-order valence-electron chi connectivity index (χ4n) is 4.10. The highest BCUT2D eigenvalue weighted by Crippen LogP contribution is 2.25. The third-order valence-electron chi connectivity index (χ3n) is 5.79. The standard InChI is InChI=1S/C22H25N5O/c23-13-16-6-7-21(25-14-16)27-10-8-17(9-11-27)22(28)26-20-12-18-4-2-1-3-5-19(18)15-24-20/h6-7,12,14-15,17H,1-5,8-11H2,(H,24,26,28). The molecule has 3 heterocycles. The zero-order chi connectivity index (χ0) is 19.3. The first-order valence-corrected chi connectivity index (χ1v) is 10.1. The van der Waals surface area contributed by atoms with Crippen LogP contribution in [0.15, 0.2) is 30.6 Å². The van der Waals surface area contributed by atoms with Gasteiger partial charge in [-0.05, 0) is 67.9 Å². The topological polar surface area (TPSA) is 81.9 Å². The molecule has 4 rings (SSSR count). The minimum atomic E-state index is -0.00441. The van der Waals surface area contributed by atoms with Crippen molar-refractivity contribution in [1.82, 2.24) is 9.97 Å². The average Bonchev–Trinajstić information content (AvgIpc) is 2.99. The van der Waals surface area contributed by atoms with Crippen LogP contribution in [0.25, 0.3) is 0 Å². The van der Waals surface area contributed by atoms with Gasteiger partial charge in [-0.2, -0.15) is 5.26 Å². The molecule has 0 atom stereocenters. The molecule has 1 N–H and O–H groups in total. The molecule has 2 aromatic heterocycles. The number of rotatable bonds is 3. The molecule has 6 nitrogen and oxygen atoms in total. The van der Waals surface area contributed by atoms with Gasteiger partial charge in [0, 0.05) is 31.4 Å². The third-order valence-corrected chi connectivity index (χ3v) is 5.79. The van der Waals surface area contributed by atoms with Gasteiger partial charge >= 0.3 is 0 Å². The average molecular weight is 375 g/mol. The van der Waals surface area contributed by atoms with Gasteiger partial charge in [0.25, 0.3) is 0 Å². The lowest BCUT2D eigenvalue weighted by molar-refractivity contribution is -0.120. The van der Waals surface area contributed by atoms with Crippen LogP contribution in [0, 0.1) is 17.2 Å². The molecule has 0 radical (unpaired) electrons. The largest absolute Gasteiger partial charge is 0.357 e. The van der Waals surface area contributed by atoms with E-state index < -0.39 is 0 Å². The number of piperidine rings is 1. The summed E-state index contributed by atoms with van der Waals surface area (Å²) in [5.74, 6) is 1.61. The number of anilines is 2. The Morgan fingerprint density at radius 2 is 1.86 bits per heavy atom. The van der Waals surface area contributed by atoms with E-state index in [0.29, 0.717) is 11.4 Å². The molecule has 0 unspecified atom stereocenters. The van der Waals surface area contributed by atoms with Crippen LogP contribution in [-0.4, -0.2) is 29.0 Å². The summed E-state index contributed by atoms with van der Waals surface area (Å²) < 4.78 is 0. The molecule has 6 heteroatoms. The minimum Gasteiger partial charge on any atom is -0.357 e. The number of aromatic nitrogens is 2. The van der Waals surface area contributed by atoms with Crippen LogP contribution in [0.4, 0.5) is 11.6 Å². The normalized spacial score (nSPS) is 17.3. The van der Waals surface area contributed by atoms with Gasteiger partial charge in [0.1, 0.15) is 17.7 Å². The number of carbonyl (C=O) groups is 1. The summed E-state index contributed by atoms with van der Waals surface area (Å²) in [6.07, 6.45) is 11.0. The molecule has 0 bridgehead atoms. The Morgan fingerprint density at radius 3 is 2.57 bits per heavy atom. The van der Waals surface area contributed by atoms with Gasteiger partial charge < -0.3 is 10.2 Å². The molecule has 1 saturated heterocycles. The predicted octanol–water partition coefficient (Wildman–Crippen LogP) is 3.47. The Kier molecular flexibility index (Phi) is 5.52. The molecular weight excluding hydrogens is 350 g/mol. The van der Waals surface area contributed by atoms with Crippen LogP contribution in [-0.2, 0) is 17.6 Å². The van der Waals surface area contributed by atoms with Crippen molar-refractivity contribution >= 4 is 17.5 Å². The molecule has 1 aliphatic carbocycles. The second kappa shape index (κ2) is 8.39. The number of nitriles is 1. The van der Waals surface area contributed by atoms with Crippen molar-refractivity contribution in [3.8, 4) is 6.07 Å². The van der Waals surface area contributed by atoms with Gasteiger partial charge in [0.05, 0.1) is 5.56 Å². The van der Waals surface area contributed by atoms with E-state index >= 15 is 0 Å². The van der Waals surface area contributed by atoms with Crippen LogP contribution < -0.4 is 10.2 Å². The summed E-state index contributed by atoms with van der Waals surface area (Å²) in [6.45, 7) is 1.57. The van der Waals surface area contributed by atoms with E-state index in [2.05, 4.69) is 32.3 Å². The van der Waals surface area contributed by atoms with Gasteiger partial charge in [-0.25, -0.2) is 9.97 Å². The zero-order valence-electron chi connectivity index (χ0n) is 16.0. The smallest absolute Gasteiger partial charge is 0.228 e. The molecule has 28 heavy (non-hydrogen) atoms. The Hall–Kier alpha value is -2.94. The first-order valence-electron chi connectivity index (χ1n) is 10.1. The quantitative estimate of drug-likeness (QED) is 0.831. The number of carbonyl (C=O) groups excluding carboxylic acids is 1. The lowest BCUT2D eigenvalue weighted by Gasteiger charge is -2.32. The van der Waals surface area contributed by atoms with Gasteiger partial charge in [0.15, 0.2) is 0 Å². The number of nitrogens with zero attached hydrogens (tertiary/aromatic N) is 4. The van der Waals surface area contributed by atoms with Crippen molar-refractivity contribution in [1.29, 1.82) is 5.26 Å². The first kappa shape index (κ1) is 18.4. The van der Waals surface area contributed by atoms with Crippen molar-refractivity contribution in [3.05, 3.63) is 47.3 Å². The van der Waals surface area contributed by atoms with E-state index in [0.717, 1.165) is 44.6 Å². The minimum absolute atomic E-state index is 0.00441. The maximum absolute atomic E-state index is 12.7. The van der Waals surface area contributed by atoms with Crippen molar-refractivity contribution in [3.63, 3.8) is 0 Å². The Morgan fingerprint density at radius 1 is 1.07 bits per heavy atom. The summed E-state index contributed by atoms with van der Waals surface area (Å²) in [6, 6.07) is 7.81. The number of pyridine rings is 2. The second-order valence-electron chi connectivity index (χ2n) is 7.67. The van der Waals surface area contributed by atoms with Crippen LogP contribution >= 0.6 is 0 Å². The lowest BCUT2D eigenvalue weighted by Crippen LogP contribution is -2.38. The van der Waals surface area contributed by atoms with E-state index in [9.17, 15) is 4.79 Å². The third kappa shape index (κ3) is 4.14. The van der Waals surface area contributed by atoms with E-state index in [1.54, 1.807) is 12.3 Å². The molecule has 0 aromatic carbocycles. The fraction of sp³-hybridized carbons (Fsp3) is 0.455. The molecule has 1 amide bonds. The molecule has 2 aromatic rings. The number of hydrogen-bond acceptors (Lipinski definition) is 5. The summed E-state index contributed by atoms with van der Waals surface area (Å²) in [5.41, 5.74) is 3.23. The highest BCUT2D eigenvalue weighted by molar-refractivity contribution is 5.92. The highest BCUT2D eigenvalue weighted by atomic mass is 16.1. The first-order chi connectivity index (χ1) is 13.7. The fourth-order valence-corrected chi connectivity index (χ4v) is 4.10. The molecule has 2 aliphatic rings. The van der Waals surface area contributed by atoms with Crippen molar-refractivity contribution < 1.29 is 4.79 Å².